The van der Waals surface area contributed by atoms with Gasteiger partial charge in [0.25, 0.3) is 5.91 Å². The van der Waals surface area contributed by atoms with Crippen LogP contribution in [-0.4, -0.2) is 34.9 Å². The number of primary amides is 1. The first-order valence-electron chi connectivity index (χ1n) is 13.0. The van der Waals surface area contributed by atoms with Gasteiger partial charge in [-0.2, -0.15) is 18.3 Å². The van der Waals surface area contributed by atoms with E-state index in [2.05, 4.69) is 10.1 Å². The first kappa shape index (κ1) is 30.9. The molecular formula is C29H22F6N4O4S. The fourth-order valence-electron chi connectivity index (χ4n) is 5.34. The quantitative estimate of drug-likeness (QED) is 0.261. The van der Waals surface area contributed by atoms with E-state index in [1.54, 1.807) is 6.07 Å². The molecule has 15 heteroatoms. The molecule has 4 aromatic rings. The van der Waals surface area contributed by atoms with Gasteiger partial charge in [0.1, 0.15) is 17.5 Å². The molecule has 0 unspecified atom stereocenters. The molecule has 2 N–H and O–H groups in total. The van der Waals surface area contributed by atoms with Gasteiger partial charge in [0.2, 0.25) is 0 Å². The topological polar surface area (TPSA) is 125 Å². The zero-order valence-corrected chi connectivity index (χ0v) is 23.4. The third kappa shape index (κ3) is 6.51. The second kappa shape index (κ2) is 11.5. The second-order valence-corrected chi connectivity index (χ2v) is 12.4. The van der Waals surface area contributed by atoms with Crippen molar-refractivity contribution in [3.8, 4) is 11.1 Å². The van der Waals surface area contributed by atoms with Crippen LogP contribution in [-0.2, 0) is 45.3 Å². The first-order chi connectivity index (χ1) is 20.6. The molecule has 44 heavy (non-hydrogen) atoms. The molecule has 0 spiro atoms. The normalized spacial score (nSPS) is 14.8. The van der Waals surface area contributed by atoms with E-state index in [-0.39, 0.29) is 28.9 Å². The molecule has 5 rings (SSSR count). The van der Waals surface area contributed by atoms with Gasteiger partial charge in [-0.25, -0.2) is 21.6 Å². The number of rotatable bonds is 9. The summed E-state index contributed by atoms with van der Waals surface area (Å²) in [5, 5.41) is 3.51. The molecule has 0 aliphatic carbocycles. The highest BCUT2D eigenvalue weighted by Gasteiger charge is 2.44. The van der Waals surface area contributed by atoms with Gasteiger partial charge in [-0.1, -0.05) is 12.1 Å². The van der Waals surface area contributed by atoms with Gasteiger partial charge >= 0.3 is 6.18 Å². The monoisotopic (exact) mass is 636 g/mol. The maximum absolute atomic E-state index is 14.2. The predicted octanol–water partition coefficient (Wildman–Crippen LogP) is 4.89. The minimum atomic E-state index is -4.95. The lowest BCUT2D eigenvalue weighted by Crippen LogP contribution is -2.20. The number of nitrogens with zero attached hydrogens (tertiary/aromatic N) is 3. The van der Waals surface area contributed by atoms with Crippen LogP contribution in [0.4, 0.5) is 26.3 Å². The van der Waals surface area contributed by atoms with E-state index in [1.807, 2.05) is 0 Å². The molecule has 1 amide bonds. The average Bonchev–Trinajstić information content (AvgIpc) is 3.40. The van der Waals surface area contributed by atoms with Gasteiger partial charge in [0.05, 0.1) is 35.0 Å². The minimum absolute atomic E-state index is 0.138. The van der Waals surface area contributed by atoms with Crippen LogP contribution in [0.1, 0.15) is 50.9 Å². The number of pyridine rings is 1. The fourth-order valence-corrected chi connectivity index (χ4v) is 6.92. The van der Waals surface area contributed by atoms with E-state index in [9.17, 15) is 44.3 Å². The van der Waals surface area contributed by atoms with E-state index >= 15 is 0 Å². The number of hydrogen-bond acceptors (Lipinski definition) is 6. The van der Waals surface area contributed by atoms with Crippen LogP contribution in [0.15, 0.2) is 54.7 Å². The van der Waals surface area contributed by atoms with Crippen molar-refractivity contribution < 1.29 is 44.3 Å². The molecule has 2 aromatic carbocycles. The standard InChI is InChI=1S/C29H22F6N4O4S/c30-18-7-15(8-19(31)11-18)6-17(26-21(2-1-5-37-26)16-3-4-24(32)22(10-16)28(36)41)9-20(40)12-39-25-14-44(42,43)13-23(25)27(38-39)29(33,34)35/h1-5,7-8,10-11,17H,6,9,12-14H2,(H2,36,41)/t17-/m1/s1. The Morgan fingerprint density at radius 3 is 2.36 bits per heavy atom. The van der Waals surface area contributed by atoms with Crippen molar-refractivity contribution in [2.75, 3.05) is 0 Å². The van der Waals surface area contributed by atoms with Crippen LogP contribution in [0.5, 0.6) is 0 Å². The Kier molecular flexibility index (Phi) is 8.09. The number of amides is 1. The lowest BCUT2D eigenvalue weighted by molar-refractivity contribution is -0.142. The second-order valence-electron chi connectivity index (χ2n) is 10.4. The number of hydrogen-bond donors (Lipinski definition) is 1. The molecule has 0 saturated carbocycles. The van der Waals surface area contributed by atoms with Gasteiger partial charge in [-0.15, -0.1) is 0 Å². The maximum Gasteiger partial charge on any atom is 0.435 e. The number of aromatic nitrogens is 3. The smallest absolute Gasteiger partial charge is 0.366 e. The molecule has 230 valence electrons. The van der Waals surface area contributed by atoms with E-state index in [4.69, 9.17) is 5.73 Å². The summed E-state index contributed by atoms with van der Waals surface area (Å²) in [5.41, 5.74) is 3.70. The minimum Gasteiger partial charge on any atom is -0.366 e. The number of carbonyl (C=O) groups excluding carboxylic acids is 2. The summed E-state index contributed by atoms with van der Waals surface area (Å²) in [6.45, 7) is -0.716. The summed E-state index contributed by atoms with van der Waals surface area (Å²) in [6, 6.07) is 9.38. The molecular weight excluding hydrogens is 614 g/mol. The lowest BCUT2D eigenvalue weighted by atomic mass is 9.86. The Labute approximate surface area is 246 Å². The van der Waals surface area contributed by atoms with Crippen LogP contribution in [0.25, 0.3) is 11.1 Å². The van der Waals surface area contributed by atoms with Crippen molar-refractivity contribution in [1.29, 1.82) is 0 Å². The fraction of sp³-hybridized carbons (Fsp3) is 0.241. The molecule has 1 aliphatic rings. The Hall–Kier alpha value is -4.53. The Bertz CT molecular complexity index is 1890. The predicted molar refractivity (Wildman–Crippen MR) is 144 cm³/mol. The van der Waals surface area contributed by atoms with Gasteiger partial charge < -0.3 is 5.73 Å². The molecule has 3 heterocycles. The zero-order valence-electron chi connectivity index (χ0n) is 22.5. The van der Waals surface area contributed by atoms with Gasteiger partial charge in [0.15, 0.2) is 21.3 Å². The van der Waals surface area contributed by atoms with Crippen molar-refractivity contribution in [3.63, 3.8) is 0 Å². The van der Waals surface area contributed by atoms with Crippen LogP contribution in [0.2, 0.25) is 0 Å². The van der Waals surface area contributed by atoms with Gasteiger partial charge in [-0.3, -0.25) is 19.3 Å². The van der Waals surface area contributed by atoms with Crippen LogP contribution < -0.4 is 5.73 Å². The molecule has 0 saturated heterocycles. The number of sulfone groups is 1. The maximum atomic E-state index is 14.2. The summed E-state index contributed by atoms with van der Waals surface area (Å²) in [6.07, 6.45) is -4.16. The number of alkyl halides is 3. The number of halogens is 6. The van der Waals surface area contributed by atoms with E-state index in [0.717, 1.165) is 22.9 Å². The Balaban J connectivity index is 1.54. The number of Topliss-reactive ketones (excluding diaryl/α,β-unsaturated/α-hetero) is 1. The SMILES string of the molecule is NC(=O)c1cc(-c2cccnc2[C@@H](CC(=O)Cn2nc(C(F)(F)F)c3c2CS(=O)(=O)C3)Cc2cc(F)cc(F)c2)ccc1F. The van der Waals surface area contributed by atoms with Crippen molar-refractivity contribution >= 4 is 21.5 Å². The zero-order chi connectivity index (χ0) is 32.0. The van der Waals surface area contributed by atoms with E-state index in [1.165, 1.54) is 24.4 Å². The van der Waals surface area contributed by atoms with E-state index in [0.29, 0.717) is 11.6 Å². The highest BCUT2D eigenvalue weighted by molar-refractivity contribution is 7.90. The highest BCUT2D eigenvalue weighted by Crippen LogP contribution is 2.38. The first-order valence-corrected chi connectivity index (χ1v) is 14.8. The number of carbonyl (C=O) groups is 2. The van der Waals surface area contributed by atoms with Crippen molar-refractivity contribution in [2.45, 2.75) is 43.0 Å². The summed E-state index contributed by atoms with van der Waals surface area (Å²) in [4.78, 5) is 29.5. The highest BCUT2D eigenvalue weighted by atomic mass is 32.2. The molecule has 8 nitrogen and oxygen atoms in total. The summed E-state index contributed by atoms with van der Waals surface area (Å²) in [7, 11) is -3.88. The molecule has 2 aromatic heterocycles. The van der Waals surface area contributed by atoms with Crippen molar-refractivity contribution in [2.24, 2.45) is 5.73 Å². The van der Waals surface area contributed by atoms with E-state index < -0.39 is 92.4 Å². The molecule has 0 radical (unpaired) electrons. The number of fused-ring (bicyclic) bond motifs is 1. The van der Waals surface area contributed by atoms with Crippen LogP contribution >= 0.6 is 0 Å². The lowest BCUT2D eigenvalue weighted by Gasteiger charge is -2.20. The third-order valence-electron chi connectivity index (χ3n) is 7.13. The largest absolute Gasteiger partial charge is 0.435 e. The van der Waals surface area contributed by atoms with Gasteiger partial charge in [0, 0.05) is 35.7 Å². The Morgan fingerprint density at radius 1 is 1.00 bits per heavy atom. The van der Waals surface area contributed by atoms with Crippen molar-refractivity contribution in [1.82, 2.24) is 14.8 Å². The number of nitrogens with two attached hydrogens (primary N) is 1. The van der Waals surface area contributed by atoms with Crippen LogP contribution in [0, 0.1) is 17.5 Å². The van der Waals surface area contributed by atoms with Gasteiger partial charge in [-0.05, 0) is 47.9 Å². The molecule has 0 bridgehead atoms. The summed E-state index contributed by atoms with van der Waals surface area (Å²) >= 11 is 0. The van der Waals surface area contributed by atoms with Crippen LogP contribution in [0.3, 0.4) is 0 Å². The molecule has 0 fully saturated rings. The summed E-state index contributed by atoms with van der Waals surface area (Å²) < 4.78 is 108. The molecule has 1 aliphatic heterocycles. The number of benzene rings is 2. The number of ketones is 1. The molecule has 1 atom stereocenters. The average molecular weight is 637 g/mol. The van der Waals surface area contributed by atoms with Crippen molar-refractivity contribution in [3.05, 3.63) is 106 Å². The third-order valence-corrected chi connectivity index (χ3v) is 8.57. The Morgan fingerprint density at radius 2 is 1.70 bits per heavy atom. The summed E-state index contributed by atoms with van der Waals surface area (Å²) in [5.74, 6) is -6.87.